The first-order valence-electron chi connectivity index (χ1n) is 8.60. The van der Waals surface area contributed by atoms with Gasteiger partial charge in [0.1, 0.15) is 13.2 Å². The summed E-state index contributed by atoms with van der Waals surface area (Å²) in [4.78, 5) is 13.1. The highest BCUT2D eigenvalue weighted by molar-refractivity contribution is 6.30. The van der Waals surface area contributed by atoms with E-state index in [4.69, 9.17) is 21.1 Å². The predicted molar refractivity (Wildman–Crippen MR) is 99.0 cm³/mol. The topological polar surface area (TPSA) is 40.5 Å². The van der Waals surface area contributed by atoms with E-state index < -0.39 is 0 Å². The zero-order chi connectivity index (χ0) is 17.7. The Morgan fingerprint density at radius 2 is 1.73 bits per heavy atom. The second kappa shape index (κ2) is 5.92. The second-order valence-electron chi connectivity index (χ2n) is 6.55. The molecule has 1 atom stereocenters. The maximum Gasteiger partial charge on any atom is 0.166 e. The smallest absolute Gasteiger partial charge is 0.166 e. The molecule has 5 heteroatoms. The van der Waals surface area contributed by atoms with E-state index >= 15 is 0 Å². The number of rotatable bonds is 1. The molecule has 0 unspecified atom stereocenters. The molecular formula is C21H16ClNO3. The van der Waals surface area contributed by atoms with Crippen LogP contribution in [0.4, 0.5) is 0 Å². The number of fused-ring (bicyclic) bond motifs is 4. The normalized spacial score (nSPS) is 18.0. The number of halogens is 1. The fraction of sp³-hybridized carbons (Fsp3) is 0.190. The van der Waals surface area contributed by atoms with Crippen LogP contribution < -0.4 is 9.47 Å². The molecule has 4 nitrogen and oxygen atoms in total. The first kappa shape index (κ1) is 15.5. The molecule has 0 aliphatic carbocycles. The summed E-state index contributed by atoms with van der Waals surface area (Å²) < 4.78 is 13.5. The molecule has 26 heavy (non-hydrogen) atoms. The molecule has 2 aliphatic heterocycles. The Balaban J connectivity index is 1.69. The van der Waals surface area contributed by atoms with E-state index in [0.29, 0.717) is 41.7 Å². The molecule has 3 heterocycles. The molecule has 2 aliphatic rings. The minimum atomic E-state index is -0.0268. The molecule has 0 saturated carbocycles. The summed E-state index contributed by atoms with van der Waals surface area (Å²) in [5.74, 6) is 1.40. The van der Waals surface area contributed by atoms with Crippen LogP contribution in [0, 0.1) is 0 Å². The summed E-state index contributed by atoms with van der Waals surface area (Å²) in [6, 6.07) is 15.5. The van der Waals surface area contributed by atoms with Crippen LogP contribution in [0.5, 0.6) is 11.5 Å². The quantitative estimate of drug-likeness (QED) is 0.631. The summed E-state index contributed by atoms with van der Waals surface area (Å²) in [6.45, 7) is 1.02. The van der Waals surface area contributed by atoms with Crippen LogP contribution in [0.3, 0.4) is 0 Å². The van der Waals surface area contributed by atoms with E-state index in [1.165, 1.54) is 0 Å². The van der Waals surface area contributed by atoms with Crippen molar-refractivity contribution < 1.29 is 14.3 Å². The Bertz CT molecular complexity index is 1010. The number of ketones is 1. The number of carbonyl (C=O) groups excluding carboxylic acids is 1. The lowest BCUT2D eigenvalue weighted by molar-refractivity contribution is 0.0978. The number of Topliss-reactive ketones (excluding diaryl/α,β-unsaturated/α-hetero) is 1. The number of ether oxygens (including phenoxy) is 2. The highest BCUT2D eigenvalue weighted by atomic mass is 35.5. The van der Waals surface area contributed by atoms with Crippen molar-refractivity contribution in [3.05, 3.63) is 76.6 Å². The minimum absolute atomic E-state index is 0.0268. The Morgan fingerprint density at radius 1 is 1.00 bits per heavy atom. The van der Waals surface area contributed by atoms with E-state index in [-0.39, 0.29) is 11.7 Å². The SMILES string of the molecule is O=C1C[C@H](c2ccc(Cl)cc2)c2cccn2-c2cc3c(cc21)OCCO3. The van der Waals surface area contributed by atoms with Crippen molar-refractivity contribution in [2.45, 2.75) is 12.3 Å². The molecule has 5 rings (SSSR count). The average molecular weight is 366 g/mol. The summed E-state index contributed by atoms with van der Waals surface area (Å²) >= 11 is 6.04. The molecule has 1 aromatic heterocycles. The summed E-state index contributed by atoms with van der Waals surface area (Å²) in [7, 11) is 0. The third-order valence-corrected chi connectivity index (χ3v) is 5.27. The lowest BCUT2D eigenvalue weighted by Gasteiger charge is -2.21. The van der Waals surface area contributed by atoms with E-state index in [9.17, 15) is 4.79 Å². The van der Waals surface area contributed by atoms with Gasteiger partial charge in [-0.1, -0.05) is 23.7 Å². The van der Waals surface area contributed by atoms with Crippen molar-refractivity contribution in [2.24, 2.45) is 0 Å². The van der Waals surface area contributed by atoms with Gasteiger partial charge in [-0.25, -0.2) is 0 Å². The van der Waals surface area contributed by atoms with Gasteiger partial charge < -0.3 is 14.0 Å². The van der Waals surface area contributed by atoms with Crippen molar-refractivity contribution in [3.63, 3.8) is 0 Å². The Hall–Kier alpha value is -2.72. The number of carbonyl (C=O) groups is 1. The lowest BCUT2D eigenvalue weighted by Crippen LogP contribution is -2.16. The molecule has 130 valence electrons. The maximum atomic E-state index is 13.1. The second-order valence-corrected chi connectivity index (χ2v) is 6.98. The third kappa shape index (κ3) is 2.41. The summed E-state index contributed by atoms with van der Waals surface area (Å²) in [5.41, 5.74) is 3.67. The average Bonchev–Trinajstić information content (AvgIpc) is 3.11. The highest BCUT2D eigenvalue weighted by Gasteiger charge is 2.30. The van der Waals surface area contributed by atoms with E-state index in [1.54, 1.807) is 0 Å². The molecule has 0 fully saturated rings. The maximum absolute atomic E-state index is 13.1. The fourth-order valence-electron chi connectivity index (χ4n) is 3.78. The van der Waals surface area contributed by atoms with E-state index in [0.717, 1.165) is 16.9 Å². The number of nitrogens with zero attached hydrogens (tertiary/aromatic N) is 1. The van der Waals surface area contributed by atoms with Gasteiger partial charge in [0.2, 0.25) is 0 Å². The van der Waals surface area contributed by atoms with Crippen LogP contribution in [0.2, 0.25) is 5.02 Å². The molecule has 0 amide bonds. The van der Waals surface area contributed by atoms with Crippen molar-refractivity contribution in [3.8, 4) is 17.2 Å². The molecule has 2 aromatic carbocycles. The fourth-order valence-corrected chi connectivity index (χ4v) is 3.91. The zero-order valence-corrected chi connectivity index (χ0v) is 14.7. The van der Waals surface area contributed by atoms with Crippen LogP contribution >= 0.6 is 11.6 Å². The van der Waals surface area contributed by atoms with Crippen molar-refractivity contribution in [1.29, 1.82) is 0 Å². The molecule has 3 aromatic rings. The molecule has 0 spiro atoms. The van der Waals surface area contributed by atoms with Crippen molar-refractivity contribution >= 4 is 17.4 Å². The Morgan fingerprint density at radius 3 is 2.50 bits per heavy atom. The minimum Gasteiger partial charge on any atom is -0.486 e. The highest BCUT2D eigenvalue weighted by Crippen LogP contribution is 2.41. The Kier molecular flexibility index (Phi) is 3.54. The molecule has 0 saturated heterocycles. The van der Waals surface area contributed by atoms with Crippen molar-refractivity contribution in [1.82, 2.24) is 4.57 Å². The summed E-state index contributed by atoms with van der Waals surface area (Å²) in [5, 5.41) is 0.689. The van der Waals surface area contributed by atoms with Gasteiger partial charge in [-0.2, -0.15) is 0 Å². The van der Waals surface area contributed by atoms with E-state index in [2.05, 4.69) is 10.6 Å². The van der Waals surface area contributed by atoms with Gasteiger partial charge in [-0.15, -0.1) is 0 Å². The number of hydrogen-bond donors (Lipinski definition) is 0. The molecular weight excluding hydrogens is 350 g/mol. The number of benzene rings is 2. The van der Waals surface area contributed by atoms with Crippen LogP contribution in [0.25, 0.3) is 5.69 Å². The first-order valence-corrected chi connectivity index (χ1v) is 8.98. The molecule has 0 radical (unpaired) electrons. The van der Waals surface area contributed by atoms with Crippen LogP contribution in [0.1, 0.15) is 34.0 Å². The largest absolute Gasteiger partial charge is 0.486 e. The van der Waals surface area contributed by atoms with Crippen LogP contribution in [0.15, 0.2) is 54.7 Å². The first-order chi connectivity index (χ1) is 12.7. The van der Waals surface area contributed by atoms with Crippen LogP contribution in [-0.4, -0.2) is 23.6 Å². The van der Waals surface area contributed by atoms with Gasteiger partial charge in [-0.05, 0) is 35.9 Å². The zero-order valence-electron chi connectivity index (χ0n) is 13.9. The van der Waals surface area contributed by atoms with Gasteiger partial charge in [0, 0.05) is 40.9 Å². The Labute approximate surface area is 155 Å². The monoisotopic (exact) mass is 365 g/mol. The van der Waals surface area contributed by atoms with Crippen molar-refractivity contribution in [2.75, 3.05) is 13.2 Å². The van der Waals surface area contributed by atoms with Gasteiger partial charge in [0.05, 0.1) is 5.69 Å². The predicted octanol–water partition coefficient (Wildman–Crippen LogP) is 4.62. The summed E-state index contributed by atoms with van der Waals surface area (Å²) in [6.07, 6.45) is 2.39. The standard InChI is InChI=1S/C21H16ClNO3/c22-14-5-3-13(4-6-14)15-10-19(24)16-11-20-21(26-9-8-25-20)12-18(16)23-7-1-2-17(15)23/h1-7,11-12,15H,8-10H2/t15-/m1/s1. The number of hydrogen-bond acceptors (Lipinski definition) is 3. The van der Waals surface area contributed by atoms with Gasteiger partial charge in [0.25, 0.3) is 0 Å². The third-order valence-electron chi connectivity index (χ3n) is 5.02. The lowest BCUT2D eigenvalue weighted by atomic mass is 9.90. The van der Waals surface area contributed by atoms with Gasteiger partial charge in [0.15, 0.2) is 17.3 Å². The van der Waals surface area contributed by atoms with Gasteiger partial charge >= 0.3 is 0 Å². The van der Waals surface area contributed by atoms with Gasteiger partial charge in [-0.3, -0.25) is 4.79 Å². The number of aromatic nitrogens is 1. The molecule has 0 N–H and O–H groups in total. The molecule has 0 bridgehead atoms. The van der Waals surface area contributed by atoms with Crippen LogP contribution in [-0.2, 0) is 0 Å². The van der Waals surface area contributed by atoms with E-state index in [1.807, 2.05) is 48.7 Å².